The van der Waals surface area contributed by atoms with Crippen molar-refractivity contribution in [3.05, 3.63) is 57.2 Å². The Morgan fingerprint density at radius 3 is 2.50 bits per heavy atom. The maximum atomic E-state index is 13.0. The van der Waals surface area contributed by atoms with Crippen LogP contribution >= 0.6 is 11.6 Å². The Morgan fingerprint density at radius 1 is 1.25 bits per heavy atom. The van der Waals surface area contributed by atoms with E-state index in [4.69, 9.17) is 11.6 Å². The first-order valence-electron chi connectivity index (χ1n) is 7.74. The first-order chi connectivity index (χ1) is 11.5. The molecule has 0 spiro atoms. The van der Waals surface area contributed by atoms with Gasteiger partial charge in [-0.05, 0) is 37.1 Å². The number of aryl methyl sites for hydroxylation is 1. The van der Waals surface area contributed by atoms with E-state index >= 15 is 0 Å². The van der Waals surface area contributed by atoms with Gasteiger partial charge in [0.25, 0.3) is 5.56 Å². The van der Waals surface area contributed by atoms with Gasteiger partial charge in [0.1, 0.15) is 10.8 Å². The molecule has 0 bridgehead atoms. The standard InChI is InChI=1S/C17H17ClFN3O2/c1-21-17(24)15(18)14(10-20-21)22-8-6-12(7-9-22)16(23)11-2-4-13(19)5-3-11/h2-5,10,12H,6-9H2,1H3. The van der Waals surface area contributed by atoms with E-state index in [2.05, 4.69) is 5.10 Å². The Hall–Kier alpha value is -2.21. The first kappa shape index (κ1) is 16.6. The second-order valence-corrected chi connectivity index (χ2v) is 6.28. The van der Waals surface area contributed by atoms with Gasteiger partial charge in [-0.2, -0.15) is 5.10 Å². The molecule has 0 amide bonds. The van der Waals surface area contributed by atoms with Gasteiger partial charge in [0.05, 0.1) is 11.9 Å². The topological polar surface area (TPSA) is 55.2 Å². The van der Waals surface area contributed by atoms with Gasteiger partial charge in [0.2, 0.25) is 0 Å². The first-order valence-corrected chi connectivity index (χ1v) is 8.11. The van der Waals surface area contributed by atoms with E-state index in [-0.39, 0.29) is 28.1 Å². The quantitative estimate of drug-likeness (QED) is 0.799. The van der Waals surface area contributed by atoms with E-state index in [0.29, 0.717) is 37.2 Å². The van der Waals surface area contributed by atoms with Crippen LogP contribution in [0.3, 0.4) is 0 Å². The van der Waals surface area contributed by atoms with Gasteiger partial charge in [-0.15, -0.1) is 0 Å². The fourth-order valence-electron chi connectivity index (χ4n) is 2.95. The molecule has 1 aliphatic heterocycles. The summed E-state index contributed by atoms with van der Waals surface area (Å²) in [6, 6.07) is 5.64. The average molecular weight is 350 g/mol. The predicted octanol–water partition coefficient (Wildman–Crippen LogP) is 2.67. The van der Waals surface area contributed by atoms with Crippen LogP contribution in [0.1, 0.15) is 23.2 Å². The van der Waals surface area contributed by atoms with Crippen LogP contribution in [0.25, 0.3) is 0 Å². The maximum absolute atomic E-state index is 13.0. The van der Waals surface area contributed by atoms with Crippen molar-refractivity contribution in [2.75, 3.05) is 18.0 Å². The number of aromatic nitrogens is 2. The predicted molar refractivity (Wildman–Crippen MR) is 90.2 cm³/mol. The molecule has 1 aliphatic rings. The largest absolute Gasteiger partial charge is 0.369 e. The number of hydrogen-bond acceptors (Lipinski definition) is 4. The number of Topliss-reactive ketones (excluding diaryl/α,β-unsaturated/α-hetero) is 1. The van der Waals surface area contributed by atoms with Crippen LogP contribution in [0.15, 0.2) is 35.3 Å². The fraction of sp³-hybridized carbons (Fsp3) is 0.353. The molecule has 5 nitrogen and oxygen atoms in total. The molecule has 1 aromatic heterocycles. The molecule has 1 saturated heterocycles. The lowest BCUT2D eigenvalue weighted by Gasteiger charge is -2.33. The van der Waals surface area contributed by atoms with Crippen molar-refractivity contribution in [1.82, 2.24) is 9.78 Å². The third kappa shape index (κ3) is 3.19. The second kappa shape index (κ2) is 6.73. The summed E-state index contributed by atoms with van der Waals surface area (Å²) in [6.45, 7) is 1.23. The third-order valence-electron chi connectivity index (χ3n) is 4.39. The molecule has 0 radical (unpaired) electrons. The summed E-state index contributed by atoms with van der Waals surface area (Å²) in [4.78, 5) is 26.3. The lowest BCUT2D eigenvalue weighted by Crippen LogP contribution is -2.37. The molecule has 0 N–H and O–H groups in total. The number of nitrogens with zero attached hydrogens (tertiary/aromatic N) is 3. The molecule has 0 unspecified atom stereocenters. The van der Waals surface area contributed by atoms with E-state index in [1.807, 2.05) is 4.90 Å². The number of ketones is 1. The van der Waals surface area contributed by atoms with Crippen molar-refractivity contribution in [2.24, 2.45) is 13.0 Å². The van der Waals surface area contributed by atoms with Crippen LogP contribution in [0, 0.1) is 11.7 Å². The molecular weight excluding hydrogens is 333 g/mol. The van der Waals surface area contributed by atoms with Gasteiger partial charge in [-0.3, -0.25) is 9.59 Å². The van der Waals surface area contributed by atoms with Crippen molar-refractivity contribution < 1.29 is 9.18 Å². The molecule has 1 aromatic carbocycles. The van der Waals surface area contributed by atoms with Gasteiger partial charge >= 0.3 is 0 Å². The molecule has 0 atom stereocenters. The van der Waals surface area contributed by atoms with Gasteiger partial charge in [-0.1, -0.05) is 11.6 Å². The van der Waals surface area contributed by atoms with Gasteiger partial charge in [0, 0.05) is 31.6 Å². The zero-order valence-electron chi connectivity index (χ0n) is 13.2. The van der Waals surface area contributed by atoms with E-state index in [0.717, 1.165) is 0 Å². The normalized spacial score (nSPS) is 15.5. The summed E-state index contributed by atoms with van der Waals surface area (Å²) in [5.74, 6) is -0.429. The summed E-state index contributed by atoms with van der Waals surface area (Å²) in [5.41, 5.74) is 0.800. The number of rotatable bonds is 3. The van der Waals surface area contributed by atoms with Gasteiger partial charge in [0.15, 0.2) is 5.78 Å². The lowest BCUT2D eigenvalue weighted by molar-refractivity contribution is 0.0900. The van der Waals surface area contributed by atoms with E-state index in [9.17, 15) is 14.0 Å². The molecular formula is C17H17ClFN3O2. The number of hydrogen-bond donors (Lipinski definition) is 0. The minimum absolute atomic E-state index is 0.0304. The number of carbonyl (C=O) groups is 1. The zero-order chi connectivity index (χ0) is 17.3. The van der Waals surface area contributed by atoms with Crippen LogP contribution in [0.4, 0.5) is 10.1 Å². The zero-order valence-corrected chi connectivity index (χ0v) is 14.0. The molecule has 2 aromatic rings. The molecule has 126 valence electrons. The maximum Gasteiger partial charge on any atom is 0.287 e. The molecule has 0 aliphatic carbocycles. The highest BCUT2D eigenvalue weighted by Gasteiger charge is 2.27. The van der Waals surface area contributed by atoms with Gasteiger partial charge in [-0.25, -0.2) is 9.07 Å². The summed E-state index contributed by atoms with van der Waals surface area (Å²) in [7, 11) is 1.55. The lowest BCUT2D eigenvalue weighted by atomic mass is 9.89. The van der Waals surface area contributed by atoms with Crippen LogP contribution < -0.4 is 10.5 Å². The summed E-state index contributed by atoms with van der Waals surface area (Å²) in [5, 5.41) is 4.15. The van der Waals surface area contributed by atoms with E-state index < -0.39 is 0 Å². The molecule has 24 heavy (non-hydrogen) atoms. The number of carbonyl (C=O) groups excluding carboxylic acids is 1. The Bertz CT molecular complexity index is 812. The Balaban J connectivity index is 1.70. The monoisotopic (exact) mass is 349 g/mol. The highest BCUT2D eigenvalue weighted by atomic mass is 35.5. The van der Waals surface area contributed by atoms with Crippen LogP contribution in [-0.2, 0) is 7.05 Å². The minimum atomic E-state index is -0.353. The smallest absolute Gasteiger partial charge is 0.287 e. The van der Waals surface area contributed by atoms with Crippen LogP contribution in [0.2, 0.25) is 5.02 Å². The summed E-state index contributed by atoms with van der Waals surface area (Å²) >= 11 is 6.12. The van der Waals surface area contributed by atoms with Crippen LogP contribution in [0.5, 0.6) is 0 Å². The number of benzene rings is 1. The van der Waals surface area contributed by atoms with E-state index in [1.165, 1.54) is 28.9 Å². The van der Waals surface area contributed by atoms with Crippen molar-refractivity contribution >= 4 is 23.1 Å². The SMILES string of the molecule is Cn1ncc(N2CCC(C(=O)c3ccc(F)cc3)CC2)c(Cl)c1=O. The highest BCUT2D eigenvalue weighted by molar-refractivity contribution is 6.33. The van der Waals surface area contributed by atoms with Crippen molar-refractivity contribution in [3.8, 4) is 0 Å². The van der Waals surface area contributed by atoms with Crippen molar-refractivity contribution in [1.29, 1.82) is 0 Å². The summed E-state index contributed by atoms with van der Waals surface area (Å²) in [6.07, 6.45) is 2.88. The fourth-order valence-corrected chi connectivity index (χ4v) is 3.25. The Labute approximate surface area is 143 Å². The van der Waals surface area contributed by atoms with Crippen molar-refractivity contribution in [3.63, 3.8) is 0 Å². The number of anilines is 1. The van der Waals surface area contributed by atoms with E-state index in [1.54, 1.807) is 13.2 Å². The average Bonchev–Trinajstić information content (AvgIpc) is 2.60. The second-order valence-electron chi connectivity index (χ2n) is 5.91. The Morgan fingerprint density at radius 2 is 1.88 bits per heavy atom. The van der Waals surface area contributed by atoms with Crippen molar-refractivity contribution in [2.45, 2.75) is 12.8 Å². The highest BCUT2D eigenvalue weighted by Crippen LogP contribution is 2.28. The number of halogens is 2. The molecule has 3 rings (SSSR count). The molecule has 7 heteroatoms. The molecule has 2 heterocycles. The molecule has 1 fully saturated rings. The number of piperidine rings is 1. The molecule has 0 saturated carbocycles. The Kier molecular flexibility index (Phi) is 4.66. The summed E-state index contributed by atoms with van der Waals surface area (Å²) < 4.78 is 14.2. The van der Waals surface area contributed by atoms with Gasteiger partial charge < -0.3 is 4.90 Å². The van der Waals surface area contributed by atoms with Crippen LogP contribution in [-0.4, -0.2) is 28.7 Å². The third-order valence-corrected chi connectivity index (χ3v) is 4.75. The minimum Gasteiger partial charge on any atom is -0.369 e.